The molecule has 0 saturated carbocycles. The van der Waals surface area contributed by atoms with Crippen molar-refractivity contribution in [2.45, 2.75) is 12.6 Å². The topological polar surface area (TPSA) is 53.6 Å². The molecule has 0 bridgehead atoms. The van der Waals surface area contributed by atoms with Crippen LogP contribution in [0.2, 0.25) is 0 Å². The summed E-state index contributed by atoms with van der Waals surface area (Å²) < 4.78 is 5.35. The number of likely N-dealkylation sites (N-methyl/N-ethyl adjacent to an activating group) is 1. The normalized spacial score (nSPS) is 21.8. The van der Waals surface area contributed by atoms with Gasteiger partial charge in [0.25, 0.3) is 0 Å². The monoisotopic (exact) mass is 277 g/mol. The summed E-state index contributed by atoms with van der Waals surface area (Å²) in [5.74, 6) is -0.0421. The molecule has 110 valence electrons. The van der Waals surface area contributed by atoms with E-state index in [-0.39, 0.29) is 17.9 Å². The Hall–Kier alpha value is -1.59. The number of benzene rings is 1. The van der Waals surface area contributed by atoms with Gasteiger partial charge in [-0.05, 0) is 24.7 Å². The summed E-state index contributed by atoms with van der Waals surface area (Å²) in [7, 11) is 5.88. The lowest BCUT2D eigenvalue weighted by atomic mass is 10.0. The predicted molar refractivity (Wildman–Crippen MR) is 79.8 cm³/mol. The quantitative estimate of drug-likeness (QED) is 0.828. The molecule has 1 aromatic rings. The molecule has 1 heterocycles. The maximum Gasteiger partial charge on any atom is 0.227 e. The minimum Gasteiger partial charge on any atom is -0.379 e. The maximum absolute atomic E-state index is 12.1. The predicted octanol–water partition coefficient (Wildman–Crippen LogP) is 0.603. The zero-order chi connectivity index (χ0) is 14.5. The fraction of sp³-hybridized carbons (Fsp3) is 0.533. The van der Waals surface area contributed by atoms with Gasteiger partial charge in [-0.1, -0.05) is 12.1 Å². The number of carbonyl (C=O) groups is 1. The molecule has 0 aliphatic carbocycles. The lowest BCUT2D eigenvalue weighted by Gasteiger charge is -2.17. The third-order valence-corrected chi connectivity index (χ3v) is 3.71. The van der Waals surface area contributed by atoms with E-state index >= 15 is 0 Å². The molecule has 0 spiro atoms. The second-order valence-corrected chi connectivity index (χ2v) is 5.32. The van der Waals surface area contributed by atoms with Crippen molar-refractivity contribution in [1.29, 1.82) is 0 Å². The molecule has 1 saturated heterocycles. The van der Waals surface area contributed by atoms with E-state index in [9.17, 15) is 4.79 Å². The summed E-state index contributed by atoms with van der Waals surface area (Å²) in [6.07, 6.45) is 0. The van der Waals surface area contributed by atoms with Crippen LogP contribution in [0.5, 0.6) is 0 Å². The molecule has 1 fully saturated rings. The van der Waals surface area contributed by atoms with E-state index in [1.165, 1.54) is 0 Å². The Balaban J connectivity index is 1.87. The first-order valence-corrected chi connectivity index (χ1v) is 6.91. The van der Waals surface area contributed by atoms with Crippen molar-refractivity contribution < 1.29 is 9.53 Å². The molecule has 2 unspecified atom stereocenters. The van der Waals surface area contributed by atoms with Crippen molar-refractivity contribution in [3.63, 3.8) is 0 Å². The van der Waals surface area contributed by atoms with Gasteiger partial charge in [-0.15, -0.1) is 0 Å². The van der Waals surface area contributed by atoms with Gasteiger partial charge in [0.15, 0.2) is 0 Å². The Morgan fingerprint density at radius 1 is 1.30 bits per heavy atom. The molecule has 2 atom stereocenters. The third kappa shape index (κ3) is 3.49. The van der Waals surface area contributed by atoms with E-state index in [0.717, 1.165) is 11.3 Å². The van der Waals surface area contributed by atoms with Gasteiger partial charge in [0.05, 0.1) is 19.1 Å². The lowest BCUT2D eigenvalue weighted by Crippen LogP contribution is -2.42. The fourth-order valence-electron chi connectivity index (χ4n) is 2.33. The van der Waals surface area contributed by atoms with Crippen molar-refractivity contribution in [2.75, 3.05) is 39.3 Å². The van der Waals surface area contributed by atoms with Crippen molar-refractivity contribution >= 4 is 11.6 Å². The largest absolute Gasteiger partial charge is 0.379 e. The molecule has 20 heavy (non-hydrogen) atoms. The minimum absolute atomic E-state index is 0.0542. The van der Waals surface area contributed by atoms with E-state index in [2.05, 4.69) is 27.7 Å². The SMILES string of the molecule is CNC1COCC1C(=O)NCc1ccc(N(C)C)cc1. The van der Waals surface area contributed by atoms with E-state index in [4.69, 9.17) is 4.74 Å². The second-order valence-electron chi connectivity index (χ2n) is 5.32. The minimum atomic E-state index is -0.0963. The van der Waals surface area contributed by atoms with Crippen LogP contribution in [0.4, 0.5) is 5.69 Å². The van der Waals surface area contributed by atoms with Crippen LogP contribution in [-0.2, 0) is 16.1 Å². The molecule has 2 rings (SSSR count). The number of hydrogen-bond donors (Lipinski definition) is 2. The number of carbonyl (C=O) groups excluding carboxylic acids is 1. The Kier molecular flexibility index (Phi) is 4.98. The highest BCUT2D eigenvalue weighted by atomic mass is 16.5. The van der Waals surface area contributed by atoms with Crippen molar-refractivity contribution in [3.05, 3.63) is 29.8 Å². The van der Waals surface area contributed by atoms with Gasteiger partial charge >= 0.3 is 0 Å². The number of amides is 1. The first-order valence-electron chi connectivity index (χ1n) is 6.91. The smallest absolute Gasteiger partial charge is 0.227 e. The molecule has 1 aliphatic heterocycles. The molecule has 5 nitrogen and oxygen atoms in total. The molecule has 0 radical (unpaired) electrons. The van der Waals surface area contributed by atoms with E-state index < -0.39 is 0 Å². The Labute approximate surface area is 120 Å². The maximum atomic E-state index is 12.1. The van der Waals surface area contributed by atoms with Gasteiger partial charge < -0.3 is 20.3 Å². The molecule has 2 N–H and O–H groups in total. The Bertz CT molecular complexity index is 445. The average molecular weight is 277 g/mol. The van der Waals surface area contributed by atoms with Gasteiger partial charge in [0.1, 0.15) is 0 Å². The van der Waals surface area contributed by atoms with Gasteiger partial charge in [-0.3, -0.25) is 4.79 Å². The summed E-state index contributed by atoms with van der Waals surface area (Å²) in [5.41, 5.74) is 2.25. The van der Waals surface area contributed by atoms with Crippen molar-refractivity contribution in [1.82, 2.24) is 10.6 Å². The first-order chi connectivity index (χ1) is 9.61. The molecule has 5 heteroatoms. The van der Waals surface area contributed by atoms with Crippen LogP contribution < -0.4 is 15.5 Å². The Morgan fingerprint density at radius 2 is 2.00 bits per heavy atom. The summed E-state index contributed by atoms with van der Waals surface area (Å²) in [4.78, 5) is 14.2. The first kappa shape index (κ1) is 14.8. The number of hydrogen-bond acceptors (Lipinski definition) is 4. The van der Waals surface area contributed by atoms with E-state index in [0.29, 0.717) is 19.8 Å². The van der Waals surface area contributed by atoms with E-state index in [1.807, 2.05) is 33.3 Å². The average Bonchev–Trinajstić information content (AvgIpc) is 2.93. The highest BCUT2D eigenvalue weighted by Gasteiger charge is 2.32. The van der Waals surface area contributed by atoms with Gasteiger partial charge in [0.2, 0.25) is 5.91 Å². The number of rotatable bonds is 5. The van der Waals surface area contributed by atoms with Crippen LogP contribution in [0.3, 0.4) is 0 Å². The van der Waals surface area contributed by atoms with Crippen LogP contribution in [0, 0.1) is 5.92 Å². The number of anilines is 1. The molecule has 1 amide bonds. The van der Waals surface area contributed by atoms with Crippen LogP contribution in [0.25, 0.3) is 0 Å². The van der Waals surface area contributed by atoms with E-state index in [1.54, 1.807) is 0 Å². The van der Waals surface area contributed by atoms with Crippen LogP contribution in [-0.4, -0.2) is 46.3 Å². The summed E-state index contributed by atoms with van der Waals surface area (Å²) in [6, 6.07) is 8.30. The fourth-order valence-corrected chi connectivity index (χ4v) is 2.33. The zero-order valence-corrected chi connectivity index (χ0v) is 12.3. The summed E-state index contributed by atoms with van der Waals surface area (Å²) in [6.45, 7) is 1.66. The van der Waals surface area contributed by atoms with Gasteiger partial charge in [-0.2, -0.15) is 0 Å². The highest BCUT2D eigenvalue weighted by Crippen LogP contribution is 2.15. The Morgan fingerprint density at radius 3 is 2.60 bits per heavy atom. The lowest BCUT2D eigenvalue weighted by molar-refractivity contribution is -0.125. The third-order valence-electron chi connectivity index (χ3n) is 3.71. The van der Waals surface area contributed by atoms with Gasteiger partial charge in [0, 0.05) is 32.4 Å². The number of ether oxygens (including phenoxy) is 1. The van der Waals surface area contributed by atoms with Crippen molar-refractivity contribution in [3.8, 4) is 0 Å². The molecule has 0 aromatic heterocycles. The van der Waals surface area contributed by atoms with Gasteiger partial charge in [-0.25, -0.2) is 0 Å². The molecular formula is C15H23N3O2. The summed E-state index contributed by atoms with van der Waals surface area (Å²) >= 11 is 0. The zero-order valence-electron chi connectivity index (χ0n) is 12.3. The summed E-state index contributed by atoms with van der Waals surface area (Å²) in [5, 5.41) is 6.10. The van der Waals surface area contributed by atoms with Crippen LogP contribution >= 0.6 is 0 Å². The second kappa shape index (κ2) is 6.72. The van der Waals surface area contributed by atoms with Crippen LogP contribution in [0.1, 0.15) is 5.56 Å². The number of nitrogens with zero attached hydrogens (tertiary/aromatic N) is 1. The highest BCUT2D eigenvalue weighted by molar-refractivity contribution is 5.79. The standard InChI is InChI=1S/C15H23N3O2/c1-16-14-10-20-9-13(14)15(19)17-8-11-4-6-12(7-5-11)18(2)3/h4-7,13-14,16H,8-10H2,1-3H3,(H,17,19). The number of nitrogens with one attached hydrogen (secondary N) is 2. The van der Waals surface area contributed by atoms with Crippen LogP contribution in [0.15, 0.2) is 24.3 Å². The molecular weight excluding hydrogens is 254 g/mol. The van der Waals surface area contributed by atoms with Crippen molar-refractivity contribution in [2.24, 2.45) is 5.92 Å². The molecule has 1 aliphatic rings. The molecule has 1 aromatic carbocycles.